The van der Waals surface area contributed by atoms with Gasteiger partial charge in [0.05, 0.1) is 36.7 Å². The van der Waals surface area contributed by atoms with Crippen LogP contribution in [-0.4, -0.2) is 101 Å². The fourth-order valence-corrected chi connectivity index (χ4v) is 8.13. The number of aromatic nitrogens is 3. The van der Waals surface area contributed by atoms with Crippen LogP contribution in [0.15, 0.2) is 48.9 Å². The molecule has 2 aromatic heterocycles. The van der Waals surface area contributed by atoms with Crippen molar-refractivity contribution in [3.63, 3.8) is 0 Å². The molecule has 3 aliphatic heterocycles. The number of fused-ring (bicyclic) bond motifs is 2. The van der Waals surface area contributed by atoms with E-state index >= 15 is 0 Å². The highest BCUT2D eigenvalue weighted by molar-refractivity contribution is 6.01. The Bertz CT molecular complexity index is 1920. The van der Waals surface area contributed by atoms with Gasteiger partial charge in [-0.1, -0.05) is 6.07 Å². The van der Waals surface area contributed by atoms with Gasteiger partial charge < -0.3 is 29.3 Å². The van der Waals surface area contributed by atoms with Crippen LogP contribution in [0.3, 0.4) is 0 Å². The summed E-state index contributed by atoms with van der Waals surface area (Å²) in [6, 6.07) is 13.6. The van der Waals surface area contributed by atoms with Crippen LogP contribution >= 0.6 is 0 Å². The molecule has 7 rings (SSSR count). The van der Waals surface area contributed by atoms with E-state index in [-0.39, 0.29) is 18.1 Å². The standard InChI is InChI=1S/C39H48FN9O2/c1-5-46(26(2)3)39(50)34-18-29(40)7-9-36(34)48-16-15-47(38-37(48)22-43-25-44-38)30-10-13-45(14-11-30)23-28-6-8-35-33(27(28)4)19-31(20-41)49(35)24-32-21-42-12-17-51-32/h6-9,18-19,22,25-26,30,32,42H,5,10-17,21,23-24H2,1-4H3. The van der Waals surface area contributed by atoms with Crippen LogP contribution in [0.4, 0.5) is 21.6 Å². The largest absolute Gasteiger partial charge is 0.374 e. The van der Waals surface area contributed by atoms with Crippen LogP contribution in [0, 0.1) is 24.1 Å². The Labute approximate surface area is 299 Å². The van der Waals surface area contributed by atoms with Crippen molar-refractivity contribution in [3.8, 4) is 6.07 Å². The molecule has 2 saturated heterocycles. The molecular weight excluding hydrogens is 645 g/mol. The van der Waals surface area contributed by atoms with E-state index in [1.807, 2.05) is 33.0 Å². The van der Waals surface area contributed by atoms with Crippen LogP contribution in [0.5, 0.6) is 0 Å². The van der Waals surface area contributed by atoms with Gasteiger partial charge in [-0.25, -0.2) is 14.4 Å². The van der Waals surface area contributed by atoms with Crippen molar-refractivity contribution >= 4 is 34.0 Å². The predicted octanol–water partition coefficient (Wildman–Crippen LogP) is 5.23. The van der Waals surface area contributed by atoms with Gasteiger partial charge in [0, 0.05) is 75.3 Å². The summed E-state index contributed by atoms with van der Waals surface area (Å²) in [6.45, 7) is 15.8. The quantitative estimate of drug-likeness (QED) is 0.252. The van der Waals surface area contributed by atoms with E-state index in [0.717, 1.165) is 74.5 Å². The number of aryl methyl sites for hydroxylation is 1. The van der Waals surface area contributed by atoms with Gasteiger partial charge in [-0.3, -0.25) is 9.69 Å². The van der Waals surface area contributed by atoms with E-state index in [2.05, 4.69) is 54.7 Å². The van der Waals surface area contributed by atoms with Gasteiger partial charge in [-0.15, -0.1) is 0 Å². The second-order valence-corrected chi connectivity index (χ2v) is 14.2. The molecule has 1 unspecified atom stereocenters. The first-order chi connectivity index (χ1) is 24.8. The Balaban J connectivity index is 1.05. The summed E-state index contributed by atoms with van der Waals surface area (Å²) in [5, 5.41) is 14.5. The maximum absolute atomic E-state index is 14.6. The fraction of sp³-hybridized carbons (Fsp3) is 0.487. The van der Waals surface area contributed by atoms with E-state index in [0.29, 0.717) is 49.2 Å². The number of nitrogens with one attached hydrogen (secondary N) is 1. The number of anilines is 3. The van der Waals surface area contributed by atoms with Crippen LogP contribution in [-0.2, 0) is 17.8 Å². The Morgan fingerprint density at radius 1 is 1.14 bits per heavy atom. The summed E-state index contributed by atoms with van der Waals surface area (Å²) in [4.78, 5) is 31.6. The minimum Gasteiger partial charge on any atom is -0.374 e. The molecule has 1 amide bonds. The normalized spacial score (nSPS) is 18.6. The number of carbonyl (C=O) groups excluding carboxylic acids is 1. The van der Waals surface area contributed by atoms with E-state index in [4.69, 9.17) is 9.72 Å². The van der Waals surface area contributed by atoms with E-state index < -0.39 is 5.82 Å². The number of hydrogen-bond acceptors (Lipinski definition) is 9. The van der Waals surface area contributed by atoms with Gasteiger partial charge in [0.25, 0.3) is 5.91 Å². The first kappa shape index (κ1) is 34.9. The number of benzene rings is 2. The number of nitriles is 1. The molecule has 0 radical (unpaired) electrons. The van der Waals surface area contributed by atoms with Gasteiger partial charge >= 0.3 is 0 Å². The van der Waals surface area contributed by atoms with Crippen molar-refractivity contribution < 1.29 is 13.9 Å². The van der Waals surface area contributed by atoms with Crippen molar-refractivity contribution in [1.29, 1.82) is 5.26 Å². The summed E-state index contributed by atoms with van der Waals surface area (Å²) >= 11 is 0. The van der Waals surface area contributed by atoms with Crippen LogP contribution in [0.25, 0.3) is 10.9 Å². The zero-order valence-corrected chi connectivity index (χ0v) is 30.1. The highest BCUT2D eigenvalue weighted by Gasteiger charge is 2.34. The molecule has 11 nitrogen and oxygen atoms in total. The van der Waals surface area contributed by atoms with E-state index in [1.165, 1.54) is 23.3 Å². The Hall–Kier alpha value is -4.57. The lowest BCUT2D eigenvalue weighted by atomic mass is 9.99. The molecule has 51 heavy (non-hydrogen) atoms. The van der Waals surface area contributed by atoms with Crippen LogP contribution in [0.2, 0.25) is 0 Å². The molecule has 12 heteroatoms. The van der Waals surface area contributed by atoms with Crippen molar-refractivity contribution in [1.82, 2.24) is 29.7 Å². The molecule has 2 fully saturated rings. The number of piperidine rings is 1. The number of rotatable bonds is 9. The second-order valence-electron chi connectivity index (χ2n) is 14.2. The molecule has 3 aliphatic rings. The van der Waals surface area contributed by atoms with Crippen molar-refractivity contribution in [2.45, 2.75) is 71.8 Å². The smallest absolute Gasteiger partial charge is 0.256 e. The molecule has 0 aliphatic carbocycles. The number of hydrogen-bond donors (Lipinski definition) is 1. The predicted molar refractivity (Wildman–Crippen MR) is 197 cm³/mol. The van der Waals surface area contributed by atoms with E-state index in [9.17, 15) is 14.4 Å². The Morgan fingerprint density at radius 2 is 1.96 bits per heavy atom. The molecule has 1 N–H and O–H groups in total. The summed E-state index contributed by atoms with van der Waals surface area (Å²) in [6.07, 6.45) is 5.44. The molecule has 0 spiro atoms. The van der Waals surface area contributed by atoms with Gasteiger partial charge in [-0.2, -0.15) is 5.26 Å². The van der Waals surface area contributed by atoms with Gasteiger partial charge in [0.2, 0.25) is 0 Å². The lowest BCUT2D eigenvalue weighted by Gasteiger charge is -2.44. The molecule has 1 atom stereocenters. The van der Waals surface area contributed by atoms with E-state index in [1.54, 1.807) is 17.3 Å². The number of nitrogens with zero attached hydrogens (tertiary/aromatic N) is 8. The highest BCUT2D eigenvalue weighted by Crippen LogP contribution is 2.40. The summed E-state index contributed by atoms with van der Waals surface area (Å²) in [7, 11) is 0. The van der Waals surface area contributed by atoms with Crippen molar-refractivity contribution in [2.24, 2.45) is 0 Å². The van der Waals surface area contributed by atoms with Crippen molar-refractivity contribution in [2.75, 3.05) is 62.2 Å². The topological polar surface area (TPSA) is 106 Å². The van der Waals surface area contributed by atoms with Crippen LogP contribution in [0.1, 0.15) is 60.8 Å². The minimum atomic E-state index is -0.431. The molecular formula is C39H48FN9O2. The SMILES string of the molecule is CCN(C(=O)c1cc(F)ccc1N1CCN(C2CCN(Cc3ccc4c(cc(C#N)n4CC4CNCCO4)c3C)CC2)c2ncncc21)C(C)C. The Kier molecular flexibility index (Phi) is 10.2. The first-order valence-electron chi connectivity index (χ1n) is 18.3. The monoisotopic (exact) mass is 693 g/mol. The minimum absolute atomic E-state index is 0.00775. The first-order valence-corrected chi connectivity index (χ1v) is 18.3. The van der Waals surface area contributed by atoms with Crippen LogP contribution < -0.4 is 15.1 Å². The lowest BCUT2D eigenvalue weighted by molar-refractivity contribution is 0.0188. The third kappa shape index (κ3) is 6.90. The summed E-state index contributed by atoms with van der Waals surface area (Å²) in [5.74, 6) is 0.237. The maximum atomic E-state index is 14.6. The average Bonchev–Trinajstić information content (AvgIpc) is 3.51. The number of morpholine rings is 1. The number of likely N-dealkylation sites (tertiary alicyclic amines) is 1. The summed E-state index contributed by atoms with van der Waals surface area (Å²) in [5.41, 5.74) is 6.13. The fourth-order valence-electron chi connectivity index (χ4n) is 8.13. The number of amides is 1. The van der Waals surface area contributed by atoms with Gasteiger partial charge in [0.1, 0.15) is 29.6 Å². The molecule has 268 valence electrons. The number of halogens is 1. The molecule has 0 bridgehead atoms. The lowest BCUT2D eigenvalue weighted by Crippen LogP contribution is -2.50. The average molecular weight is 694 g/mol. The Morgan fingerprint density at radius 3 is 2.69 bits per heavy atom. The zero-order valence-electron chi connectivity index (χ0n) is 30.1. The van der Waals surface area contributed by atoms with Crippen molar-refractivity contribution in [3.05, 3.63) is 77.1 Å². The zero-order chi connectivity index (χ0) is 35.6. The summed E-state index contributed by atoms with van der Waals surface area (Å²) < 4.78 is 22.6. The third-order valence-electron chi connectivity index (χ3n) is 10.9. The third-order valence-corrected chi connectivity index (χ3v) is 10.9. The maximum Gasteiger partial charge on any atom is 0.256 e. The molecule has 4 aromatic rings. The number of carbonyl (C=O) groups is 1. The second kappa shape index (κ2) is 15.0. The van der Waals surface area contributed by atoms with Gasteiger partial charge in [0.15, 0.2) is 5.82 Å². The molecule has 0 saturated carbocycles. The van der Waals surface area contributed by atoms with Gasteiger partial charge in [-0.05, 0) is 82.0 Å². The molecule has 5 heterocycles. The highest BCUT2D eigenvalue weighted by atomic mass is 19.1. The number of ether oxygens (including phenoxy) is 1. The molecule has 2 aromatic carbocycles.